The summed E-state index contributed by atoms with van der Waals surface area (Å²) in [7, 11) is -4.08. The van der Waals surface area contributed by atoms with Crippen LogP contribution in [0.4, 0.5) is 5.69 Å². The van der Waals surface area contributed by atoms with Gasteiger partial charge in [-0.05, 0) is 63.4 Å². The third-order valence-electron chi connectivity index (χ3n) is 6.64. The van der Waals surface area contributed by atoms with Gasteiger partial charge >= 0.3 is 0 Å². The van der Waals surface area contributed by atoms with Gasteiger partial charge in [0.1, 0.15) is 12.6 Å². The van der Waals surface area contributed by atoms with Crippen molar-refractivity contribution in [1.29, 1.82) is 0 Å². The average molecular weight is 536 g/mol. The predicted octanol–water partition coefficient (Wildman–Crippen LogP) is 4.83. The highest BCUT2D eigenvalue weighted by Gasteiger charge is 2.33. The lowest BCUT2D eigenvalue weighted by Gasteiger charge is -2.33. The van der Waals surface area contributed by atoms with Crippen LogP contribution < -0.4 is 9.62 Å². The summed E-state index contributed by atoms with van der Waals surface area (Å²) >= 11 is 0. The molecule has 3 rings (SSSR count). The average Bonchev–Trinajstić information content (AvgIpc) is 2.91. The number of nitrogens with zero attached hydrogens (tertiary/aromatic N) is 2. The lowest BCUT2D eigenvalue weighted by atomic mass is 10.1. The van der Waals surface area contributed by atoms with E-state index in [1.807, 2.05) is 57.2 Å². The van der Waals surface area contributed by atoms with Gasteiger partial charge in [0.05, 0.1) is 10.6 Å². The van der Waals surface area contributed by atoms with Crippen molar-refractivity contribution in [3.8, 4) is 0 Å². The number of anilines is 1. The summed E-state index contributed by atoms with van der Waals surface area (Å²) in [5, 5.41) is 2.94. The molecule has 0 bridgehead atoms. The van der Waals surface area contributed by atoms with E-state index in [1.165, 1.54) is 4.90 Å². The fraction of sp³-hybridized carbons (Fsp3) is 0.333. The predicted molar refractivity (Wildman–Crippen MR) is 151 cm³/mol. The number of amides is 2. The van der Waals surface area contributed by atoms with E-state index in [1.54, 1.807) is 56.3 Å². The molecule has 0 aliphatic rings. The molecule has 3 aromatic rings. The molecule has 0 saturated carbocycles. The van der Waals surface area contributed by atoms with E-state index in [-0.39, 0.29) is 23.4 Å². The van der Waals surface area contributed by atoms with Crippen molar-refractivity contribution in [1.82, 2.24) is 10.2 Å². The van der Waals surface area contributed by atoms with Crippen molar-refractivity contribution in [2.75, 3.05) is 10.8 Å². The molecule has 2 amide bonds. The summed E-state index contributed by atoms with van der Waals surface area (Å²) in [5.74, 6) is -0.757. The fourth-order valence-electron chi connectivity index (χ4n) is 4.02. The summed E-state index contributed by atoms with van der Waals surface area (Å²) in [6.45, 7) is 8.95. The molecular weight excluding hydrogens is 498 g/mol. The van der Waals surface area contributed by atoms with Gasteiger partial charge in [-0.15, -0.1) is 0 Å². The summed E-state index contributed by atoms with van der Waals surface area (Å²) in [6, 6.07) is 22.1. The normalized spacial score (nSPS) is 12.9. The first-order valence-electron chi connectivity index (χ1n) is 12.8. The van der Waals surface area contributed by atoms with E-state index in [9.17, 15) is 18.0 Å². The fourth-order valence-corrected chi connectivity index (χ4v) is 5.50. The Bertz CT molecular complexity index is 1340. The minimum absolute atomic E-state index is 0.0518. The molecule has 0 fully saturated rings. The summed E-state index contributed by atoms with van der Waals surface area (Å²) in [6.07, 6.45) is 0.751. The molecule has 2 atom stereocenters. The molecule has 0 aliphatic heterocycles. The summed E-state index contributed by atoms with van der Waals surface area (Å²) in [5.41, 5.74) is 2.90. The maximum atomic E-state index is 13.9. The molecule has 38 heavy (non-hydrogen) atoms. The quantitative estimate of drug-likeness (QED) is 0.381. The van der Waals surface area contributed by atoms with Gasteiger partial charge in [-0.3, -0.25) is 13.9 Å². The molecule has 0 aliphatic carbocycles. The summed E-state index contributed by atoms with van der Waals surface area (Å²) < 4.78 is 28.9. The van der Waals surface area contributed by atoms with Gasteiger partial charge in [-0.1, -0.05) is 73.2 Å². The van der Waals surface area contributed by atoms with Crippen LogP contribution in [0.1, 0.15) is 43.9 Å². The lowest BCUT2D eigenvalue weighted by molar-refractivity contribution is -0.139. The highest BCUT2D eigenvalue weighted by Crippen LogP contribution is 2.27. The molecule has 7 nitrogen and oxygen atoms in total. The molecule has 0 unspecified atom stereocenters. The lowest BCUT2D eigenvalue weighted by Crippen LogP contribution is -2.52. The van der Waals surface area contributed by atoms with Crippen LogP contribution in [0.25, 0.3) is 0 Å². The number of hydrogen-bond acceptors (Lipinski definition) is 4. The molecular formula is C30H37N3O4S. The van der Waals surface area contributed by atoms with Gasteiger partial charge in [0, 0.05) is 12.6 Å². The van der Waals surface area contributed by atoms with Crippen LogP contribution in [-0.2, 0) is 26.2 Å². The minimum Gasteiger partial charge on any atom is -0.352 e. The highest BCUT2D eigenvalue weighted by atomic mass is 32.2. The van der Waals surface area contributed by atoms with Gasteiger partial charge in [0.25, 0.3) is 10.0 Å². The van der Waals surface area contributed by atoms with Crippen LogP contribution in [0.15, 0.2) is 83.8 Å². The Hall–Kier alpha value is -3.65. The van der Waals surface area contributed by atoms with E-state index in [0.29, 0.717) is 11.3 Å². The van der Waals surface area contributed by atoms with Crippen molar-refractivity contribution in [2.24, 2.45) is 0 Å². The second-order valence-corrected chi connectivity index (χ2v) is 11.5. The van der Waals surface area contributed by atoms with Crippen molar-refractivity contribution in [3.05, 3.63) is 95.6 Å². The summed E-state index contributed by atoms with van der Waals surface area (Å²) in [4.78, 5) is 28.5. The Labute approximate surface area is 226 Å². The maximum absolute atomic E-state index is 13.9. The molecule has 1 N–H and O–H groups in total. The number of rotatable bonds is 11. The third-order valence-corrected chi connectivity index (χ3v) is 8.41. The zero-order valence-electron chi connectivity index (χ0n) is 22.7. The molecule has 0 aromatic heterocycles. The van der Waals surface area contributed by atoms with Gasteiger partial charge in [-0.2, -0.15) is 0 Å². The van der Waals surface area contributed by atoms with Gasteiger partial charge in [-0.25, -0.2) is 8.42 Å². The zero-order chi connectivity index (χ0) is 27.9. The zero-order valence-corrected chi connectivity index (χ0v) is 23.5. The van der Waals surface area contributed by atoms with E-state index < -0.39 is 28.5 Å². The van der Waals surface area contributed by atoms with E-state index in [4.69, 9.17) is 0 Å². The second kappa shape index (κ2) is 12.7. The van der Waals surface area contributed by atoms with Crippen LogP contribution in [-0.4, -0.2) is 43.8 Å². The van der Waals surface area contributed by atoms with Crippen LogP contribution in [0.5, 0.6) is 0 Å². The van der Waals surface area contributed by atoms with Crippen molar-refractivity contribution in [3.63, 3.8) is 0 Å². The second-order valence-electron chi connectivity index (χ2n) is 9.61. The Morgan fingerprint density at radius 1 is 0.868 bits per heavy atom. The van der Waals surface area contributed by atoms with Crippen molar-refractivity contribution < 1.29 is 18.0 Å². The third kappa shape index (κ3) is 7.01. The number of carbonyl (C=O) groups excluding carboxylic acids is 2. The number of nitrogens with one attached hydrogen (secondary N) is 1. The molecule has 0 radical (unpaired) electrons. The van der Waals surface area contributed by atoms with E-state index in [2.05, 4.69) is 5.32 Å². The van der Waals surface area contributed by atoms with E-state index >= 15 is 0 Å². The highest BCUT2D eigenvalue weighted by molar-refractivity contribution is 7.92. The Balaban J connectivity index is 2.02. The number of aryl methyl sites for hydroxylation is 2. The number of para-hydroxylation sites is 1. The molecule has 0 spiro atoms. The monoisotopic (exact) mass is 535 g/mol. The first-order chi connectivity index (χ1) is 18.0. The standard InChI is InChI=1S/C30H37N3O4S/c1-6-24(4)31-30(35)25(5)32(20-26-13-8-7-9-14-26)29(34)21-33(28-15-11-10-12-23(28)3)38(36,37)27-18-16-22(2)17-19-27/h7-19,24-25H,6,20-21H2,1-5H3,(H,31,35)/t24-,25-/m0/s1. The molecule has 3 aromatic carbocycles. The van der Waals surface area contributed by atoms with Crippen molar-refractivity contribution in [2.45, 2.75) is 64.6 Å². The van der Waals surface area contributed by atoms with Crippen LogP contribution in [0.2, 0.25) is 0 Å². The topological polar surface area (TPSA) is 86.8 Å². The Morgan fingerprint density at radius 2 is 1.47 bits per heavy atom. The smallest absolute Gasteiger partial charge is 0.264 e. The maximum Gasteiger partial charge on any atom is 0.264 e. The number of sulfonamides is 1. The minimum atomic E-state index is -4.08. The Morgan fingerprint density at radius 3 is 2.08 bits per heavy atom. The van der Waals surface area contributed by atoms with E-state index in [0.717, 1.165) is 21.9 Å². The van der Waals surface area contributed by atoms with Crippen LogP contribution in [0.3, 0.4) is 0 Å². The van der Waals surface area contributed by atoms with Gasteiger partial charge < -0.3 is 10.2 Å². The first-order valence-corrected chi connectivity index (χ1v) is 14.3. The first kappa shape index (κ1) is 28.9. The molecule has 202 valence electrons. The number of carbonyl (C=O) groups is 2. The SMILES string of the molecule is CC[C@H](C)NC(=O)[C@H](C)N(Cc1ccccc1)C(=O)CN(c1ccccc1C)S(=O)(=O)c1ccc(C)cc1. The number of hydrogen-bond donors (Lipinski definition) is 1. The van der Waals surface area contributed by atoms with Crippen molar-refractivity contribution >= 4 is 27.5 Å². The largest absolute Gasteiger partial charge is 0.352 e. The van der Waals surface area contributed by atoms with Gasteiger partial charge in [0.2, 0.25) is 11.8 Å². The number of benzene rings is 3. The molecule has 8 heteroatoms. The van der Waals surface area contributed by atoms with Crippen LogP contribution in [0, 0.1) is 13.8 Å². The van der Waals surface area contributed by atoms with Gasteiger partial charge in [0.15, 0.2) is 0 Å². The molecule has 0 saturated heterocycles. The molecule has 0 heterocycles. The van der Waals surface area contributed by atoms with Crippen LogP contribution >= 0.6 is 0 Å². The Kier molecular flexibility index (Phi) is 9.69.